The topological polar surface area (TPSA) is 32.7 Å². The van der Waals surface area contributed by atoms with E-state index < -0.39 is 6.29 Å². The maximum atomic E-state index is 9.90. The maximum absolute atomic E-state index is 9.90. The molecular formula is C24H45NO2. The fraction of sp³-hybridized carbons (Fsp3) is 0.750. The van der Waals surface area contributed by atoms with Gasteiger partial charge in [-0.3, -0.25) is 0 Å². The van der Waals surface area contributed by atoms with Crippen molar-refractivity contribution >= 4 is 0 Å². The number of aliphatic hydroxyl groups is 1. The predicted molar refractivity (Wildman–Crippen MR) is 119 cm³/mol. The molecule has 3 heteroatoms. The Morgan fingerprint density at radius 1 is 1.04 bits per heavy atom. The van der Waals surface area contributed by atoms with E-state index in [1.807, 2.05) is 0 Å². The van der Waals surface area contributed by atoms with Crippen LogP contribution in [0.5, 0.6) is 0 Å². The number of aliphatic hydroxyl groups excluding tert-OH is 1. The highest BCUT2D eigenvalue weighted by Gasteiger charge is 2.05. The van der Waals surface area contributed by atoms with Crippen molar-refractivity contribution in [2.24, 2.45) is 11.8 Å². The molecule has 27 heavy (non-hydrogen) atoms. The highest BCUT2D eigenvalue weighted by atomic mass is 16.6. The third-order valence-corrected chi connectivity index (χ3v) is 4.77. The second-order valence-electron chi connectivity index (χ2n) is 7.84. The Morgan fingerprint density at radius 3 is 2.37 bits per heavy atom. The molecule has 0 spiro atoms. The lowest BCUT2D eigenvalue weighted by atomic mass is 10.0. The normalized spacial score (nSPS) is 15.3. The van der Waals surface area contributed by atoms with E-state index in [2.05, 4.69) is 70.5 Å². The highest BCUT2D eigenvalue weighted by molar-refractivity contribution is 4.98. The predicted octanol–water partition coefficient (Wildman–Crippen LogP) is 6.31. The summed E-state index contributed by atoms with van der Waals surface area (Å²) in [4.78, 5) is 2.24. The van der Waals surface area contributed by atoms with Gasteiger partial charge in [0.05, 0.1) is 6.61 Å². The second-order valence-corrected chi connectivity index (χ2v) is 7.84. The Hall–Kier alpha value is -1.06. The lowest BCUT2D eigenvalue weighted by Gasteiger charge is -2.22. The number of allylic oxidation sites excluding steroid dienone is 4. The molecule has 0 aromatic rings. The summed E-state index contributed by atoms with van der Waals surface area (Å²) in [5.41, 5.74) is 1.19. The summed E-state index contributed by atoms with van der Waals surface area (Å²) < 4.78 is 5.49. The van der Waals surface area contributed by atoms with Gasteiger partial charge in [0.2, 0.25) is 0 Å². The molecule has 0 aromatic heterocycles. The Morgan fingerprint density at radius 2 is 1.70 bits per heavy atom. The van der Waals surface area contributed by atoms with Gasteiger partial charge in [0, 0.05) is 25.7 Å². The number of unbranched alkanes of at least 4 members (excludes halogenated alkanes) is 1. The fourth-order valence-electron chi connectivity index (χ4n) is 2.96. The molecule has 3 unspecified atom stereocenters. The van der Waals surface area contributed by atoms with Crippen molar-refractivity contribution < 1.29 is 9.84 Å². The minimum absolute atomic E-state index is 0.474. The van der Waals surface area contributed by atoms with Gasteiger partial charge in [0.1, 0.15) is 0 Å². The zero-order chi connectivity index (χ0) is 20.5. The number of rotatable bonds is 17. The number of nitrogens with zero attached hydrogens (tertiary/aromatic N) is 1. The minimum atomic E-state index is -0.658. The van der Waals surface area contributed by atoms with Crippen LogP contribution in [0.3, 0.4) is 0 Å². The number of hydrogen-bond acceptors (Lipinski definition) is 3. The third-order valence-electron chi connectivity index (χ3n) is 4.77. The first-order valence-corrected chi connectivity index (χ1v) is 10.9. The largest absolute Gasteiger partial charge is 0.378 e. The second kappa shape index (κ2) is 17.1. The standard InChI is InChI=1S/C24H45NO2/c1-7-9-14-21(3)15-10-11-17-24(26)27-19-13-12-16-22(4)20-23(5)25(6)18-8-2/h10,12,15-16,21-22,24,26H,5,7-9,11,13-14,17-20H2,1-4,6H3/b15-10+,16-12+. The van der Waals surface area contributed by atoms with Crippen molar-refractivity contribution in [3.8, 4) is 0 Å². The minimum Gasteiger partial charge on any atom is -0.378 e. The van der Waals surface area contributed by atoms with E-state index in [0.29, 0.717) is 24.9 Å². The molecule has 1 N–H and O–H groups in total. The van der Waals surface area contributed by atoms with Crippen LogP contribution in [0.4, 0.5) is 0 Å². The smallest absolute Gasteiger partial charge is 0.154 e. The summed E-state index contributed by atoms with van der Waals surface area (Å²) in [5.74, 6) is 1.11. The van der Waals surface area contributed by atoms with Crippen LogP contribution in [0.25, 0.3) is 0 Å². The van der Waals surface area contributed by atoms with Gasteiger partial charge in [0.25, 0.3) is 0 Å². The van der Waals surface area contributed by atoms with Crippen LogP contribution in [0.2, 0.25) is 0 Å². The molecule has 0 aliphatic carbocycles. The van der Waals surface area contributed by atoms with Gasteiger partial charge in [-0.15, -0.1) is 0 Å². The lowest BCUT2D eigenvalue weighted by molar-refractivity contribution is -0.101. The average molecular weight is 380 g/mol. The summed E-state index contributed by atoms with van der Waals surface area (Å²) >= 11 is 0. The molecule has 158 valence electrons. The number of hydrogen-bond donors (Lipinski definition) is 1. The Bertz CT molecular complexity index is 417. The van der Waals surface area contributed by atoms with Crippen LogP contribution in [0, 0.1) is 11.8 Å². The monoisotopic (exact) mass is 379 g/mol. The van der Waals surface area contributed by atoms with E-state index in [-0.39, 0.29) is 0 Å². The van der Waals surface area contributed by atoms with E-state index in [1.165, 1.54) is 25.0 Å². The zero-order valence-corrected chi connectivity index (χ0v) is 18.6. The summed E-state index contributed by atoms with van der Waals surface area (Å²) in [7, 11) is 2.11. The van der Waals surface area contributed by atoms with Crippen LogP contribution >= 0.6 is 0 Å². The first-order valence-electron chi connectivity index (χ1n) is 10.9. The van der Waals surface area contributed by atoms with E-state index in [1.54, 1.807) is 0 Å². The Kier molecular flexibility index (Phi) is 16.4. The molecule has 3 atom stereocenters. The molecule has 0 fully saturated rings. The SMILES string of the molecule is C=C(CC(C)/C=C/CCOC(O)CC/C=C/C(C)CCCC)N(C)CCC. The summed E-state index contributed by atoms with van der Waals surface area (Å²) in [5, 5.41) is 9.90. The summed E-state index contributed by atoms with van der Waals surface area (Å²) in [6.07, 6.45) is 16.5. The molecule has 0 rings (SSSR count). The van der Waals surface area contributed by atoms with Crippen molar-refractivity contribution in [2.45, 2.75) is 85.4 Å². The summed E-state index contributed by atoms with van der Waals surface area (Å²) in [6.45, 7) is 14.7. The molecule has 0 saturated heterocycles. The molecule has 3 nitrogen and oxygen atoms in total. The van der Waals surface area contributed by atoms with Gasteiger partial charge in [0.15, 0.2) is 6.29 Å². The summed E-state index contributed by atoms with van der Waals surface area (Å²) in [6, 6.07) is 0. The van der Waals surface area contributed by atoms with Crippen molar-refractivity contribution in [3.63, 3.8) is 0 Å². The van der Waals surface area contributed by atoms with Gasteiger partial charge in [-0.25, -0.2) is 0 Å². The van der Waals surface area contributed by atoms with Crippen molar-refractivity contribution in [3.05, 3.63) is 36.6 Å². The van der Waals surface area contributed by atoms with Crippen LogP contribution in [0.15, 0.2) is 36.6 Å². The molecule has 0 bridgehead atoms. The quantitative estimate of drug-likeness (QED) is 0.182. The first-order chi connectivity index (χ1) is 12.9. The molecule has 0 radical (unpaired) electrons. The Labute approximate surface area is 169 Å². The molecule has 0 aromatic carbocycles. The van der Waals surface area contributed by atoms with E-state index in [0.717, 1.165) is 32.2 Å². The van der Waals surface area contributed by atoms with Crippen molar-refractivity contribution in [1.29, 1.82) is 0 Å². The van der Waals surface area contributed by atoms with Crippen LogP contribution in [0.1, 0.15) is 79.1 Å². The molecule has 0 aliphatic rings. The third kappa shape index (κ3) is 15.7. The Balaban J connectivity index is 3.79. The molecule has 0 amide bonds. The zero-order valence-electron chi connectivity index (χ0n) is 18.6. The van der Waals surface area contributed by atoms with Gasteiger partial charge < -0.3 is 14.7 Å². The average Bonchev–Trinajstić information content (AvgIpc) is 2.63. The lowest BCUT2D eigenvalue weighted by Crippen LogP contribution is -2.19. The van der Waals surface area contributed by atoms with Crippen molar-refractivity contribution in [1.82, 2.24) is 4.90 Å². The van der Waals surface area contributed by atoms with E-state index in [4.69, 9.17) is 4.74 Å². The maximum Gasteiger partial charge on any atom is 0.154 e. The van der Waals surface area contributed by atoms with Crippen molar-refractivity contribution in [2.75, 3.05) is 20.2 Å². The molecule has 0 heterocycles. The fourth-order valence-corrected chi connectivity index (χ4v) is 2.96. The molecular weight excluding hydrogens is 334 g/mol. The molecule has 0 aliphatic heterocycles. The van der Waals surface area contributed by atoms with Crippen LogP contribution < -0.4 is 0 Å². The van der Waals surface area contributed by atoms with Crippen LogP contribution in [-0.4, -0.2) is 36.5 Å². The van der Waals surface area contributed by atoms with Gasteiger partial charge in [-0.2, -0.15) is 0 Å². The van der Waals surface area contributed by atoms with Gasteiger partial charge in [-0.1, -0.05) is 71.4 Å². The van der Waals surface area contributed by atoms with E-state index >= 15 is 0 Å². The highest BCUT2D eigenvalue weighted by Crippen LogP contribution is 2.14. The first kappa shape index (κ1) is 25.9. The number of ether oxygens (including phenoxy) is 1. The van der Waals surface area contributed by atoms with Gasteiger partial charge in [-0.05, 0) is 43.9 Å². The van der Waals surface area contributed by atoms with Crippen LogP contribution in [-0.2, 0) is 4.74 Å². The van der Waals surface area contributed by atoms with Gasteiger partial charge >= 0.3 is 0 Å². The van der Waals surface area contributed by atoms with E-state index in [9.17, 15) is 5.11 Å². The molecule has 0 saturated carbocycles.